The molecule has 2 amide bonds. The lowest BCUT2D eigenvalue weighted by atomic mass is 10.1. The van der Waals surface area contributed by atoms with Crippen LogP contribution in [-0.2, 0) is 16.0 Å². The Labute approximate surface area is 250 Å². The van der Waals surface area contributed by atoms with E-state index in [0.717, 1.165) is 48.7 Å². The minimum Gasteiger partial charge on any atom is -0.383 e. The number of imidazole rings is 1. The molecule has 0 saturated carbocycles. The molecule has 4 aromatic rings. The number of pyridine rings is 2. The fourth-order valence-corrected chi connectivity index (χ4v) is 5.18. The van der Waals surface area contributed by atoms with Gasteiger partial charge in [-0.2, -0.15) is 0 Å². The molecule has 0 aliphatic carbocycles. The number of methoxy groups -OCH3 is 1. The van der Waals surface area contributed by atoms with Crippen LogP contribution in [-0.4, -0.2) is 76.6 Å². The highest BCUT2D eigenvalue weighted by atomic mass is 19.1. The maximum atomic E-state index is 14.7. The number of carbonyl (C=O) groups is 2. The highest BCUT2D eigenvalue weighted by Crippen LogP contribution is 2.29. The van der Waals surface area contributed by atoms with Crippen molar-refractivity contribution in [1.29, 1.82) is 0 Å². The molecule has 3 aromatic heterocycles. The third-order valence-corrected chi connectivity index (χ3v) is 7.52. The van der Waals surface area contributed by atoms with Gasteiger partial charge in [0.25, 0.3) is 11.8 Å². The molecule has 2 N–H and O–H groups in total. The largest absolute Gasteiger partial charge is 0.383 e. The number of fused-ring (bicyclic) bond motifs is 1. The number of aromatic nitrogens is 3. The van der Waals surface area contributed by atoms with E-state index in [1.54, 1.807) is 23.9 Å². The van der Waals surface area contributed by atoms with Gasteiger partial charge < -0.3 is 20.1 Å². The minimum atomic E-state index is -0.651. The van der Waals surface area contributed by atoms with Gasteiger partial charge in [0.1, 0.15) is 17.2 Å². The van der Waals surface area contributed by atoms with E-state index in [0.29, 0.717) is 18.8 Å². The SMILES string of the molecule is COCCN(C)Cc1cncc(-c2ccn3c(C(=O)Nc4cc(C(=O)NC[C@H]5CCC(C)(C)O5)ccc4F)cnc3c2)c1. The fraction of sp³-hybridized carbons (Fsp3) is 0.375. The van der Waals surface area contributed by atoms with Crippen LogP contribution in [0.1, 0.15) is 53.1 Å². The van der Waals surface area contributed by atoms with E-state index in [-0.39, 0.29) is 34.6 Å². The molecule has 226 valence electrons. The highest BCUT2D eigenvalue weighted by molar-refractivity contribution is 6.04. The summed E-state index contributed by atoms with van der Waals surface area (Å²) in [7, 11) is 3.71. The minimum absolute atomic E-state index is 0.0674. The monoisotopic (exact) mass is 588 g/mol. The highest BCUT2D eigenvalue weighted by Gasteiger charge is 2.31. The molecule has 1 aromatic carbocycles. The molecule has 0 spiro atoms. The number of rotatable bonds is 11. The Hall–Kier alpha value is -4.19. The van der Waals surface area contributed by atoms with Crippen molar-refractivity contribution >= 4 is 23.1 Å². The number of likely N-dealkylation sites (N-methyl/N-ethyl adjacent to an activating group) is 1. The van der Waals surface area contributed by atoms with Crippen molar-refractivity contribution in [3.63, 3.8) is 0 Å². The smallest absolute Gasteiger partial charge is 0.274 e. The third-order valence-electron chi connectivity index (χ3n) is 7.52. The number of ether oxygens (including phenoxy) is 2. The van der Waals surface area contributed by atoms with E-state index in [4.69, 9.17) is 9.47 Å². The predicted molar refractivity (Wildman–Crippen MR) is 162 cm³/mol. The van der Waals surface area contributed by atoms with Crippen molar-refractivity contribution in [2.75, 3.05) is 39.2 Å². The topological polar surface area (TPSA) is 110 Å². The summed E-state index contributed by atoms with van der Waals surface area (Å²) in [5, 5.41) is 5.44. The molecule has 10 nitrogen and oxygen atoms in total. The summed E-state index contributed by atoms with van der Waals surface area (Å²) in [5.74, 6) is -1.57. The van der Waals surface area contributed by atoms with E-state index in [2.05, 4.69) is 31.6 Å². The second-order valence-corrected chi connectivity index (χ2v) is 11.5. The lowest BCUT2D eigenvalue weighted by molar-refractivity contribution is -0.0138. The Balaban J connectivity index is 1.26. The predicted octanol–water partition coefficient (Wildman–Crippen LogP) is 4.55. The summed E-state index contributed by atoms with van der Waals surface area (Å²) in [6.07, 6.45) is 8.52. The molecule has 0 radical (unpaired) electrons. The molecular formula is C32H37FN6O4. The number of nitrogens with one attached hydrogen (secondary N) is 2. The van der Waals surface area contributed by atoms with Gasteiger partial charge in [-0.05, 0) is 81.3 Å². The summed E-state index contributed by atoms with van der Waals surface area (Å²) >= 11 is 0. The molecule has 1 aliphatic heterocycles. The Kier molecular flexibility index (Phi) is 9.14. The summed E-state index contributed by atoms with van der Waals surface area (Å²) in [4.78, 5) is 36.9. The first-order chi connectivity index (χ1) is 20.6. The Bertz CT molecular complexity index is 1620. The number of hydrogen-bond acceptors (Lipinski definition) is 7. The number of anilines is 1. The van der Waals surface area contributed by atoms with Gasteiger partial charge in [-0.1, -0.05) is 0 Å². The number of amides is 2. The molecule has 1 saturated heterocycles. The van der Waals surface area contributed by atoms with Crippen molar-refractivity contribution in [1.82, 2.24) is 24.6 Å². The van der Waals surface area contributed by atoms with Crippen LogP contribution >= 0.6 is 0 Å². The van der Waals surface area contributed by atoms with Crippen LogP contribution in [0.5, 0.6) is 0 Å². The number of nitrogens with zero attached hydrogens (tertiary/aromatic N) is 4. The van der Waals surface area contributed by atoms with Crippen molar-refractivity contribution < 1.29 is 23.5 Å². The van der Waals surface area contributed by atoms with Gasteiger partial charge in [-0.3, -0.25) is 23.9 Å². The standard InChI is InChI=1S/C32H37FN6O4/c1-32(2)9-7-25(43-32)18-36-30(40)23-5-6-26(33)27(14-23)37-31(41)28-19-35-29-15-22(8-10-39(28)29)24-13-21(16-34-17-24)20-38(3)11-12-42-4/h5-6,8,10,13-17,19,25H,7,9,11-12,18,20H2,1-4H3,(H,36,40)(H,37,41)/t25-/m1/s1. The molecular weight excluding hydrogens is 551 g/mol. The van der Waals surface area contributed by atoms with Crippen LogP contribution in [0.2, 0.25) is 0 Å². The summed E-state index contributed by atoms with van der Waals surface area (Å²) in [5.41, 5.74) is 3.60. The van der Waals surface area contributed by atoms with Crippen molar-refractivity contribution in [3.05, 3.63) is 83.8 Å². The Morgan fingerprint density at radius 1 is 1.14 bits per heavy atom. The van der Waals surface area contributed by atoms with Crippen molar-refractivity contribution in [2.45, 2.75) is 44.9 Å². The second kappa shape index (κ2) is 13.0. The zero-order valence-corrected chi connectivity index (χ0v) is 24.9. The fourth-order valence-electron chi connectivity index (χ4n) is 5.18. The first-order valence-corrected chi connectivity index (χ1v) is 14.3. The maximum absolute atomic E-state index is 14.7. The lowest BCUT2D eigenvalue weighted by Gasteiger charge is -2.19. The second-order valence-electron chi connectivity index (χ2n) is 11.5. The number of benzene rings is 1. The quantitative estimate of drug-likeness (QED) is 0.265. The average molecular weight is 589 g/mol. The Morgan fingerprint density at radius 3 is 2.74 bits per heavy atom. The summed E-state index contributed by atoms with van der Waals surface area (Å²) in [6, 6.07) is 9.70. The molecule has 43 heavy (non-hydrogen) atoms. The first kappa shape index (κ1) is 30.3. The summed E-state index contributed by atoms with van der Waals surface area (Å²) in [6.45, 7) is 6.59. The van der Waals surface area contributed by atoms with Crippen molar-refractivity contribution in [2.24, 2.45) is 0 Å². The van der Waals surface area contributed by atoms with Gasteiger partial charge in [0.2, 0.25) is 0 Å². The van der Waals surface area contributed by atoms with Crippen LogP contribution in [0.15, 0.2) is 61.2 Å². The average Bonchev–Trinajstić information content (AvgIpc) is 3.58. The van der Waals surface area contributed by atoms with Gasteiger partial charge in [-0.25, -0.2) is 9.37 Å². The van der Waals surface area contributed by atoms with Gasteiger partial charge in [0.05, 0.1) is 30.2 Å². The van der Waals surface area contributed by atoms with Crippen LogP contribution in [0.4, 0.5) is 10.1 Å². The van der Waals surface area contributed by atoms with E-state index in [9.17, 15) is 14.0 Å². The van der Waals surface area contributed by atoms with Crippen LogP contribution in [0, 0.1) is 5.82 Å². The zero-order valence-electron chi connectivity index (χ0n) is 24.9. The van der Waals surface area contributed by atoms with E-state index >= 15 is 0 Å². The van der Waals surface area contributed by atoms with Gasteiger partial charge in [-0.15, -0.1) is 0 Å². The number of carbonyl (C=O) groups excluding carboxylic acids is 2. The first-order valence-electron chi connectivity index (χ1n) is 14.3. The summed E-state index contributed by atoms with van der Waals surface area (Å²) < 4.78 is 27.4. The number of halogens is 1. The Morgan fingerprint density at radius 2 is 1.98 bits per heavy atom. The molecule has 1 atom stereocenters. The normalized spacial score (nSPS) is 16.1. The van der Waals surface area contributed by atoms with Gasteiger partial charge in [0, 0.05) is 56.5 Å². The third kappa shape index (κ3) is 7.42. The van der Waals surface area contributed by atoms with E-state index in [1.807, 2.05) is 39.2 Å². The molecule has 11 heteroatoms. The van der Waals surface area contributed by atoms with Crippen molar-refractivity contribution in [3.8, 4) is 11.1 Å². The molecule has 0 bridgehead atoms. The zero-order chi connectivity index (χ0) is 30.6. The van der Waals surface area contributed by atoms with E-state index in [1.165, 1.54) is 18.3 Å². The van der Waals surface area contributed by atoms with Crippen LogP contribution in [0.25, 0.3) is 16.8 Å². The van der Waals surface area contributed by atoms with Crippen LogP contribution < -0.4 is 10.6 Å². The molecule has 4 heterocycles. The lowest BCUT2D eigenvalue weighted by Crippen LogP contribution is -2.33. The molecule has 1 fully saturated rings. The van der Waals surface area contributed by atoms with Gasteiger partial charge in [0.15, 0.2) is 0 Å². The molecule has 5 rings (SSSR count). The molecule has 1 aliphatic rings. The van der Waals surface area contributed by atoms with Crippen LogP contribution in [0.3, 0.4) is 0 Å². The number of hydrogen-bond donors (Lipinski definition) is 2. The molecule has 0 unspecified atom stereocenters. The van der Waals surface area contributed by atoms with Gasteiger partial charge >= 0.3 is 0 Å². The maximum Gasteiger partial charge on any atom is 0.274 e. The van der Waals surface area contributed by atoms with E-state index < -0.39 is 11.7 Å².